The summed E-state index contributed by atoms with van der Waals surface area (Å²) in [4.78, 5) is 0. The van der Waals surface area contributed by atoms with Gasteiger partial charge in [-0.25, -0.2) is 9.82 Å². The molecule has 2 aromatic rings. The monoisotopic (exact) mass is 262 g/mol. The van der Waals surface area contributed by atoms with Crippen molar-refractivity contribution in [3.8, 4) is 0 Å². The predicted molar refractivity (Wildman–Crippen MR) is 72.8 cm³/mol. The number of benzene rings is 1. The molecule has 1 aromatic carbocycles. The number of aryl methyl sites for hydroxylation is 2. The fourth-order valence-corrected chi connectivity index (χ4v) is 2.14. The lowest BCUT2D eigenvalue weighted by atomic mass is 9.99. The second-order valence-corrected chi connectivity index (χ2v) is 4.61. The average molecular weight is 262 g/mol. The number of hydrogen-bond acceptors (Lipinski definition) is 3. The highest BCUT2D eigenvalue weighted by Crippen LogP contribution is 2.25. The van der Waals surface area contributed by atoms with E-state index in [1.165, 1.54) is 0 Å². The van der Waals surface area contributed by atoms with Gasteiger partial charge in [0.05, 0.1) is 12.2 Å². The summed E-state index contributed by atoms with van der Waals surface area (Å²) in [6, 6.07) is 4.93. The molecule has 0 amide bonds. The molecule has 4 nitrogen and oxygen atoms in total. The van der Waals surface area contributed by atoms with Gasteiger partial charge in [0.2, 0.25) is 0 Å². The molecule has 3 N–H and O–H groups in total. The second kappa shape index (κ2) is 5.95. The van der Waals surface area contributed by atoms with Crippen molar-refractivity contribution in [1.82, 2.24) is 15.2 Å². The molecule has 0 bridgehead atoms. The van der Waals surface area contributed by atoms with Gasteiger partial charge in [0.15, 0.2) is 0 Å². The Bertz CT molecular complexity index is 550. The molecule has 0 saturated heterocycles. The van der Waals surface area contributed by atoms with Crippen LogP contribution in [0.5, 0.6) is 0 Å². The van der Waals surface area contributed by atoms with Gasteiger partial charge in [-0.1, -0.05) is 25.1 Å². The summed E-state index contributed by atoms with van der Waals surface area (Å²) in [5, 5.41) is 4.25. The van der Waals surface area contributed by atoms with Crippen LogP contribution in [0.3, 0.4) is 0 Å². The van der Waals surface area contributed by atoms with Crippen LogP contribution in [0.15, 0.2) is 30.6 Å². The van der Waals surface area contributed by atoms with Crippen LogP contribution in [-0.2, 0) is 6.54 Å². The number of nitrogens with two attached hydrogens (primary N) is 1. The number of aromatic nitrogens is 2. The van der Waals surface area contributed by atoms with Gasteiger partial charge in [0.1, 0.15) is 5.82 Å². The SMILES string of the molecule is CCCn1cc(C(NN)c2cccc(C)c2F)cn1. The summed E-state index contributed by atoms with van der Waals surface area (Å²) in [5.41, 5.74) is 4.68. The highest BCUT2D eigenvalue weighted by atomic mass is 19.1. The second-order valence-electron chi connectivity index (χ2n) is 4.61. The van der Waals surface area contributed by atoms with Crippen LogP contribution in [0.2, 0.25) is 0 Å². The van der Waals surface area contributed by atoms with E-state index in [2.05, 4.69) is 17.4 Å². The van der Waals surface area contributed by atoms with E-state index in [-0.39, 0.29) is 11.9 Å². The third-order valence-corrected chi connectivity index (χ3v) is 3.14. The summed E-state index contributed by atoms with van der Waals surface area (Å²) in [6.07, 6.45) is 4.62. The van der Waals surface area contributed by atoms with Crippen LogP contribution in [0.25, 0.3) is 0 Å². The minimum atomic E-state index is -0.384. The molecule has 2 rings (SSSR count). The van der Waals surface area contributed by atoms with Crippen molar-refractivity contribution in [2.24, 2.45) is 5.84 Å². The molecular weight excluding hydrogens is 243 g/mol. The number of nitrogens with one attached hydrogen (secondary N) is 1. The zero-order chi connectivity index (χ0) is 13.8. The van der Waals surface area contributed by atoms with Crippen molar-refractivity contribution >= 4 is 0 Å². The Labute approximate surface area is 112 Å². The maximum absolute atomic E-state index is 14.2. The number of halogens is 1. The molecule has 1 atom stereocenters. The molecule has 0 radical (unpaired) electrons. The molecule has 19 heavy (non-hydrogen) atoms. The maximum atomic E-state index is 14.2. The largest absolute Gasteiger partial charge is 0.272 e. The molecule has 0 spiro atoms. The first-order chi connectivity index (χ1) is 9.17. The molecule has 5 heteroatoms. The summed E-state index contributed by atoms with van der Waals surface area (Å²) in [6.45, 7) is 4.67. The number of rotatable bonds is 5. The minimum Gasteiger partial charge on any atom is -0.272 e. The van der Waals surface area contributed by atoms with E-state index < -0.39 is 0 Å². The molecule has 0 aliphatic carbocycles. The van der Waals surface area contributed by atoms with E-state index in [4.69, 9.17) is 5.84 Å². The van der Waals surface area contributed by atoms with Crippen molar-refractivity contribution < 1.29 is 4.39 Å². The fraction of sp³-hybridized carbons (Fsp3) is 0.357. The van der Waals surface area contributed by atoms with Crippen LogP contribution in [0, 0.1) is 12.7 Å². The molecular formula is C14H19FN4. The van der Waals surface area contributed by atoms with Gasteiger partial charge in [0, 0.05) is 23.9 Å². The highest BCUT2D eigenvalue weighted by molar-refractivity contribution is 5.33. The van der Waals surface area contributed by atoms with E-state index in [1.807, 2.05) is 16.9 Å². The highest BCUT2D eigenvalue weighted by Gasteiger charge is 2.19. The smallest absolute Gasteiger partial charge is 0.131 e. The van der Waals surface area contributed by atoms with Crippen LogP contribution in [0.1, 0.15) is 36.1 Å². The average Bonchev–Trinajstić information content (AvgIpc) is 2.84. The normalized spacial score (nSPS) is 12.6. The minimum absolute atomic E-state index is 0.228. The lowest BCUT2D eigenvalue weighted by molar-refractivity contribution is 0.553. The Kier molecular flexibility index (Phi) is 4.29. The quantitative estimate of drug-likeness (QED) is 0.642. The van der Waals surface area contributed by atoms with E-state index in [0.717, 1.165) is 18.5 Å². The molecule has 0 aliphatic rings. The third-order valence-electron chi connectivity index (χ3n) is 3.14. The van der Waals surface area contributed by atoms with Gasteiger partial charge in [-0.3, -0.25) is 10.5 Å². The van der Waals surface area contributed by atoms with E-state index in [9.17, 15) is 4.39 Å². The summed E-state index contributed by atoms with van der Waals surface area (Å²) >= 11 is 0. The van der Waals surface area contributed by atoms with Crippen molar-refractivity contribution in [2.75, 3.05) is 0 Å². The van der Waals surface area contributed by atoms with Gasteiger partial charge in [0.25, 0.3) is 0 Å². The predicted octanol–water partition coefficient (Wildman–Crippen LogP) is 2.29. The number of nitrogens with zero attached hydrogens (tertiary/aromatic N) is 2. The fourth-order valence-electron chi connectivity index (χ4n) is 2.14. The molecule has 102 valence electrons. The third kappa shape index (κ3) is 2.83. The van der Waals surface area contributed by atoms with Crippen molar-refractivity contribution in [3.05, 3.63) is 53.1 Å². The van der Waals surface area contributed by atoms with Crippen LogP contribution >= 0.6 is 0 Å². The van der Waals surface area contributed by atoms with Gasteiger partial charge in [-0.2, -0.15) is 5.10 Å². The summed E-state index contributed by atoms with van der Waals surface area (Å²) in [5.74, 6) is 5.36. The lowest BCUT2D eigenvalue weighted by Gasteiger charge is -2.16. The van der Waals surface area contributed by atoms with Gasteiger partial charge >= 0.3 is 0 Å². The molecule has 1 unspecified atom stereocenters. The van der Waals surface area contributed by atoms with E-state index >= 15 is 0 Å². The van der Waals surface area contributed by atoms with E-state index in [0.29, 0.717) is 11.1 Å². The standard InChI is InChI=1S/C14H19FN4/c1-3-7-19-9-11(8-17-19)14(18-16)12-6-4-5-10(2)13(12)15/h4-6,8-9,14,18H,3,7,16H2,1-2H3. The number of hydrazine groups is 1. The molecule has 0 saturated carbocycles. The first-order valence-electron chi connectivity index (χ1n) is 6.40. The zero-order valence-corrected chi connectivity index (χ0v) is 11.2. The van der Waals surface area contributed by atoms with E-state index in [1.54, 1.807) is 25.3 Å². The maximum Gasteiger partial charge on any atom is 0.131 e. The first kappa shape index (κ1) is 13.7. The summed E-state index contributed by atoms with van der Waals surface area (Å²) in [7, 11) is 0. The first-order valence-corrected chi connectivity index (χ1v) is 6.40. The van der Waals surface area contributed by atoms with Crippen molar-refractivity contribution in [3.63, 3.8) is 0 Å². The van der Waals surface area contributed by atoms with Crippen LogP contribution in [0.4, 0.5) is 4.39 Å². The van der Waals surface area contributed by atoms with Gasteiger partial charge in [-0.15, -0.1) is 0 Å². The lowest BCUT2D eigenvalue weighted by Crippen LogP contribution is -2.29. The zero-order valence-electron chi connectivity index (χ0n) is 11.2. The number of hydrogen-bond donors (Lipinski definition) is 2. The molecule has 1 aromatic heterocycles. The van der Waals surface area contributed by atoms with Gasteiger partial charge in [-0.05, 0) is 18.9 Å². The van der Waals surface area contributed by atoms with Crippen LogP contribution < -0.4 is 11.3 Å². The Hall–Kier alpha value is -1.72. The van der Waals surface area contributed by atoms with Crippen LogP contribution in [-0.4, -0.2) is 9.78 Å². The van der Waals surface area contributed by atoms with Crippen molar-refractivity contribution in [1.29, 1.82) is 0 Å². The Balaban J connectivity index is 2.35. The molecule has 0 fully saturated rings. The molecule has 0 aliphatic heterocycles. The molecule has 1 heterocycles. The Morgan fingerprint density at radius 3 is 2.95 bits per heavy atom. The summed E-state index contributed by atoms with van der Waals surface area (Å²) < 4.78 is 16.0. The Morgan fingerprint density at radius 1 is 1.47 bits per heavy atom. The van der Waals surface area contributed by atoms with Crippen molar-refractivity contribution in [2.45, 2.75) is 32.9 Å². The topological polar surface area (TPSA) is 55.9 Å². The van der Waals surface area contributed by atoms with Gasteiger partial charge < -0.3 is 0 Å². The Morgan fingerprint density at radius 2 is 2.26 bits per heavy atom.